The number of benzene rings is 2. The summed E-state index contributed by atoms with van der Waals surface area (Å²) in [5.41, 5.74) is 2.33. The summed E-state index contributed by atoms with van der Waals surface area (Å²) in [6.45, 7) is 0. The predicted molar refractivity (Wildman–Crippen MR) is 96.3 cm³/mol. The number of thioether (sulfide) groups is 1. The molecule has 1 heterocycles. The number of hydrogen-bond acceptors (Lipinski definition) is 3. The van der Waals surface area contributed by atoms with Crippen molar-refractivity contribution in [2.45, 2.75) is 17.3 Å². The normalized spacial score (nSPS) is 10.9. The van der Waals surface area contributed by atoms with Crippen LogP contribution in [-0.2, 0) is 19.2 Å². The summed E-state index contributed by atoms with van der Waals surface area (Å²) in [5.74, 6) is 1.74. The first-order chi connectivity index (χ1) is 11.1. The van der Waals surface area contributed by atoms with Gasteiger partial charge in [0.05, 0.1) is 0 Å². The third-order valence-electron chi connectivity index (χ3n) is 3.46. The van der Waals surface area contributed by atoms with Crippen molar-refractivity contribution in [2.75, 3.05) is 0 Å². The van der Waals surface area contributed by atoms with E-state index in [2.05, 4.69) is 16.3 Å². The number of halogens is 2. The summed E-state index contributed by atoms with van der Waals surface area (Å²) >= 11 is 13.6. The Morgan fingerprint density at radius 1 is 0.957 bits per heavy atom. The molecule has 3 aromatic rings. The SMILES string of the molecule is Cn1c(Cc2ccc(Cl)cc2)nnc1SCc1cccc(Cl)c1. The molecule has 0 radical (unpaired) electrons. The minimum Gasteiger partial charge on any atom is -0.309 e. The number of aromatic nitrogens is 3. The van der Waals surface area contributed by atoms with E-state index in [0.29, 0.717) is 0 Å². The molecule has 0 fully saturated rings. The van der Waals surface area contributed by atoms with E-state index in [4.69, 9.17) is 23.2 Å². The van der Waals surface area contributed by atoms with Crippen LogP contribution < -0.4 is 0 Å². The monoisotopic (exact) mass is 363 g/mol. The van der Waals surface area contributed by atoms with Gasteiger partial charge in [-0.1, -0.05) is 59.2 Å². The Balaban J connectivity index is 1.68. The van der Waals surface area contributed by atoms with E-state index in [-0.39, 0.29) is 0 Å². The fourth-order valence-electron chi connectivity index (χ4n) is 2.18. The molecular weight excluding hydrogens is 349 g/mol. The molecule has 1 aromatic heterocycles. The molecule has 0 aliphatic rings. The third kappa shape index (κ3) is 4.28. The maximum atomic E-state index is 6.01. The first-order valence-electron chi connectivity index (χ1n) is 7.12. The Bertz CT molecular complexity index is 800. The molecule has 0 bridgehead atoms. The van der Waals surface area contributed by atoms with Crippen LogP contribution in [0.25, 0.3) is 0 Å². The van der Waals surface area contributed by atoms with Gasteiger partial charge in [0.1, 0.15) is 5.82 Å². The molecule has 0 amide bonds. The summed E-state index contributed by atoms with van der Waals surface area (Å²) in [5, 5.41) is 11.0. The second-order valence-electron chi connectivity index (χ2n) is 5.18. The molecule has 0 saturated heterocycles. The topological polar surface area (TPSA) is 30.7 Å². The Hall–Kier alpha value is -1.49. The van der Waals surface area contributed by atoms with Crippen LogP contribution in [0, 0.1) is 0 Å². The van der Waals surface area contributed by atoms with Gasteiger partial charge in [-0.25, -0.2) is 0 Å². The zero-order chi connectivity index (χ0) is 16.2. The van der Waals surface area contributed by atoms with Crippen LogP contribution in [0.1, 0.15) is 17.0 Å². The number of nitrogens with zero attached hydrogens (tertiary/aromatic N) is 3. The minimum atomic E-state index is 0.735. The van der Waals surface area contributed by atoms with E-state index >= 15 is 0 Å². The second-order valence-corrected chi connectivity index (χ2v) is 7.00. The molecule has 2 aromatic carbocycles. The van der Waals surface area contributed by atoms with Crippen LogP contribution in [0.3, 0.4) is 0 Å². The maximum absolute atomic E-state index is 6.01. The molecule has 0 unspecified atom stereocenters. The highest BCUT2D eigenvalue weighted by molar-refractivity contribution is 7.98. The number of rotatable bonds is 5. The summed E-state index contributed by atoms with van der Waals surface area (Å²) in [4.78, 5) is 0. The molecule has 3 rings (SSSR count). The Kier molecular flexibility index (Phi) is 5.26. The summed E-state index contributed by atoms with van der Waals surface area (Å²) < 4.78 is 2.03. The van der Waals surface area contributed by atoms with Gasteiger partial charge >= 0.3 is 0 Å². The van der Waals surface area contributed by atoms with E-state index in [0.717, 1.165) is 38.8 Å². The molecule has 0 aliphatic carbocycles. The lowest BCUT2D eigenvalue weighted by atomic mass is 10.1. The highest BCUT2D eigenvalue weighted by Gasteiger charge is 2.10. The van der Waals surface area contributed by atoms with Gasteiger partial charge in [-0.15, -0.1) is 10.2 Å². The van der Waals surface area contributed by atoms with Crippen LogP contribution in [0.4, 0.5) is 0 Å². The predicted octanol–water partition coefficient (Wildman–Crippen LogP) is 5.01. The first kappa shape index (κ1) is 16.4. The minimum absolute atomic E-state index is 0.735. The van der Waals surface area contributed by atoms with E-state index < -0.39 is 0 Å². The van der Waals surface area contributed by atoms with E-state index in [1.54, 1.807) is 11.8 Å². The standard InChI is InChI=1S/C17H15Cl2N3S/c1-22-16(10-12-5-7-14(18)8-6-12)20-21-17(22)23-11-13-3-2-4-15(19)9-13/h2-9H,10-11H2,1H3. The summed E-state index contributed by atoms with van der Waals surface area (Å²) in [6.07, 6.45) is 0.735. The molecule has 0 atom stereocenters. The van der Waals surface area contributed by atoms with Crippen LogP contribution in [0.15, 0.2) is 53.7 Å². The van der Waals surface area contributed by atoms with Gasteiger partial charge in [-0.05, 0) is 35.4 Å². The highest BCUT2D eigenvalue weighted by Crippen LogP contribution is 2.23. The molecular formula is C17H15Cl2N3S. The highest BCUT2D eigenvalue weighted by atomic mass is 35.5. The molecule has 118 valence electrons. The molecule has 0 N–H and O–H groups in total. The van der Waals surface area contributed by atoms with Crippen molar-refractivity contribution in [3.05, 3.63) is 75.5 Å². The Labute approximate surface area is 149 Å². The van der Waals surface area contributed by atoms with Gasteiger partial charge in [0.2, 0.25) is 0 Å². The van der Waals surface area contributed by atoms with Crippen LogP contribution >= 0.6 is 35.0 Å². The maximum Gasteiger partial charge on any atom is 0.191 e. The van der Waals surface area contributed by atoms with Crippen molar-refractivity contribution >= 4 is 35.0 Å². The van der Waals surface area contributed by atoms with E-state index in [1.165, 1.54) is 5.56 Å². The fourth-order valence-corrected chi connectivity index (χ4v) is 3.40. The zero-order valence-corrected chi connectivity index (χ0v) is 14.9. The third-order valence-corrected chi connectivity index (χ3v) is 5.04. The molecule has 6 heteroatoms. The van der Waals surface area contributed by atoms with E-state index in [9.17, 15) is 0 Å². The largest absolute Gasteiger partial charge is 0.309 e. The van der Waals surface area contributed by atoms with Crippen molar-refractivity contribution in [2.24, 2.45) is 7.05 Å². The van der Waals surface area contributed by atoms with Gasteiger partial charge in [-0.2, -0.15) is 0 Å². The summed E-state index contributed by atoms with van der Waals surface area (Å²) in [7, 11) is 1.99. The van der Waals surface area contributed by atoms with Gasteiger partial charge in [-0.3, -0.25) is 0 Å². The molecule has 23 heavy (non-hydrogen) atoms. The molecule has 3 nitrogen and oxygen atoms in total. The lowest BCUT2D eigenvalue weighted by Gasteiger charge is -2.05. The van der Waals surface area contributed by atoms with Crippen molar-refractivity contribution < 1.29 is 0 Å². The fraction of sp³-hybridized carbons (Fsp3) is 0.176. The van der Waals surface area contributed by atoms with Gasteiger partial charge < -0.3 is 4.57 Å². The van der Waals surface area contributed by atoms with Gasteiger partial charge in [0, 0.05) is 29.3 Å². The quantitative estimate of drug-likeness (QED) is 0.597. The zero-order valence-electron chi connectivity index (χ0n) is 12.5. The first-order valence-corrected chi connectivity index (χ1v) is 8.86. The Morgan fingerprint density at radius 3 is 2.48 bits per heavy atom. The molecule has 0 aliphatic heterocycles. The van der Waals surface area contributed by atoms with E-state index in [1.807, 2.05) is 54.1 Å². The average Bonchev–Trinajstić information content (AvgIpc) is 2.88. The smallest absolute Gasteiger partial charge is 0.191 e. The van der Waals surface area contributed by atoms with Crippen LogP contribution in [0.2, 0.25) is 10.0 Å². The lowest BCUT2D eigenvalue weighted by molar-refractivity contribution is 0.749. The van der Waals surface area contributed by atoms with Gasteiger partial charge in [0.15, 0.2) is 5.16 Å². The second kappa shape index (κ2) is 7.39. The average molecular weight is 364 g/mol. The van der Waals surface area contributed by atoms with Crippen molar-refractivity contribution in [3.8, 4) is 0 Å². The van der Waals surface area contributed by atoms with Crippen LogP contribution in [-0.4, -0.2) is 14.8 Å². The molecule has 0 saturated carbocycles. The molecule has 0 spiro atoms. The Morgan fingerprint density at radius 2 is 1.74 bits per heavy atom. The van der Waals surface area contributed by atoms with Crippen LogP contribution in [0.5, 0.6) is 0 Å². The van der Waals surface area contributed by atoms with Gasteiger partial charge in [0.25, 0.3) is 0 Å². The van der Waals surface area contributed by atoms with Crippen molar-refractivity contribution in [3.63, 3.8) is 0 Å². The van der Waals surface area contributed by atoms with Crippen molar-refractivity contribution in [1.29, 1.82) is 0 Å². The van der Waals surface area contributed by atoms with Crippen molar-refractivity contribution in [1.82, 2.24) is 14.8 Å². The summed E-state index contributed by atoms with van der Waals surface area (Å²) in [6, 6.07) is 15.7. The lowest BCUT2D eigenvalue weighted by Crippen LogP contribution is -2.00. The number of hydrogen-bond donors (Lipinski definition) is 0.